The molecule has 4 aromatic rings. The van der Waals surface area contributed by atoms with E-state index in [1.54, 1.807) is 0 Å². The van der Waals surface area contributed by atoms with E-state index in [0.717, 1.165) is 39.2 Å². The smallest absolute Gasteiger partial charge is 0.165 e. The molecule has 0 saturated carbocycles. The first-order valence-corrected chi connectivity index (χ1v) is 14.1. The molecule has 0 N–H and O–H groups in total. The molecule has 0 fully saturated rings. The summed E-state index contributed by atoms with van der Waals surface area (Å²) in [7, 11) is 0. The summed E-state index contributed by atoms with van der Waals surface area (Å²) in [4.78, 5) is 19.9. The van der Waals surface area contributed by atoms with Gasteiger partial charge in [-0.3, -0.25) is 0 Å². The summed E-state index contributed by atoms with van der Waals surface area (Å²) in [6.45, 7) is 27.1. The average molecular weight is 712 g/mol. The van der Waals surface area contributed by atoms with Gasteiger partial charge in [0, 0.05) is 42.7 Å². The molecule has 1 aliphatic carbocycles. The molecule has 1 aliphatic rings. The van der Waals surface area contributed by atoms with Crippen molar-refractivity contribution in [1.82, 2.24) is 19.9 Å². The number of rotatable bonds is 2. The molecule has 0 spiro atoms. The van der Waals surface area contributed by atoms with Gasteiger partial charge in [-0.25, -0.2) is 15.0 Å². The quantitative estimate of drug-likeness (QED) is 0.195. The second kappa shape index (κ2) is 9.53. The average Bonchev–Trinajstić information content (AvgIpc) is 2.96. The van der Waals surface area contributed by atoms with E-state index in [1.807, 2.05) is 6.20 Å². The summed E-state index contributed by atoms with van der Waals surface area (Å²) >= 11 is 0. The molecular formula is C35H43IrN4-. The molecule has 0 bridgehead atoms. The summed E-state index contributed by atoms with van der Waals surface area (Å²) in [6.07, 6.45) is 1.94. The minimum absolute atomic E-state index is 0. The van der Waals surface area contributed by atoms with Gasteiger partial charge in [0.15, 0.2) is 5.82 Å². The van der Waals surface area contributed by atoms with Crippen LogP contribution in [0.15, 0.2) is 42.6 Å². The van der Waals surface area contributed by atoms with Crippen molar-refractivity contribution < 1.29 is 20.1 Å². The Bertz CT molecular complexity index is 1570. The van der Waals surface area contributed by atoms with Gasteiger partial charge in [-0.1, -0.05) is 107 Å². The number of hydrogen-bond donors (Lipinski definition) is 0. The van der Waals surface area contributed by atoms with E-state index in [-0.39, 0.29) is 47.2 Å². The number of fused-ring (bicyclic) bond motifs is 2. The van der Waals surface area contributed by atoms with Crippen LogP contribution >= 0.6 is 0 Å². The van der Waals surface area contributed by atoms with Gasteiger partial charge in [0.1, 0.15) is 11.6 Å². The zero-order valence-electron chi connectivity index (χ0n) is 26.2. The third kappa shape index (κ3) is 4.54. The maximum Gasteiger partial charge on any atom is 0.165 e. The number of hydrogen-bond acceptors (Lipinski definition) is 4. The molecule has 40 heavy (non-hydrogen) atoms. The van der Waals surface area contributed by atoms with Gasteiger partial charge in [0.05, 0.1) is 0 Å². The molecule has 0 aliphatic heterocycles. The van der Waals surface area contributed by atoms with Gasteiger partial charge in [-0.2, -0.15) is 0 Å². The van der Waals surface area contributed by atoms with E-state index < -0.39 is 0 Å². The fraction of sp³-hybridized carbons (Fsp3) is 0.486. The Hall–Kier alpha value is -2.49. The van der Waals surface area contributed by atoms with Crippen LogP contribution in [0.5, 0.6) is 0 Å². The van der Waals surface area contributed by atoms with Crippen LogP contribution in [0.25, 0.3) is 33.4 Å². The Labute approximate surface area is 254 Å². The molecule has 0 atom stereocenters. The largest absolute Gasteiger partial charge is 0.303 e. The minimum atomic E-state index is -0.200. The van der Waals surface area contributed by atoms with E-state index in [9.17, 15) is 0 Å². The van der Waals surface area contributed by atoms with Crippen molar-refractivity contribution in [3.05, 3.63) is 71.4 Å². The van der Waals surface area contributed by atoms with E-state index in [1.165, 1.54) is 11.1 Å². The van der Waals surface area contributed by atoms with Crippen molar-refractivity contribution in [3.63, 3.8) is 0 Å². The third-order valence-corrected chi connectivity index (χ3v) is 9.69. The monoisotopic (exact) mass is 712 g/mol. The first kappa shape index (κ1) is 30.5. The van der Waals surface area contributed by atoms with Gasteiger partial charge in [0.25, 0.3) is 0 Å². The summed E-state index contributed by atoms with van der Waals surface area (Å²) in [5.74, 6) is 2.27. The molecule has 0 unspecified atom stereocenters. The predicted octanol–water partition coefficient (Wildman–Crippen LogP) is 8.74. The van der Waals surface area contributed by atoms with E-state index in [4.69, 9.17) is 19.9 Å². The molecule has 0 amide bonds. The Morgan fingerprint density at radius 1 is 0.700 bits per heavy atom. The van der Waals surface area contributed by atoms with Crippen LogP contribution in [0.4, 0.5) is 0 Å². The van der Waals surface area contributed by atoms with Crippen molar-refractivity contribution in [2.45, 2.75) is 105 Å². The number of pyridine rings is 1. The molecule has 5 rings (SSSR count). The van der Waals surface area contributed by atoms with Gasteiger partial charge in [-0.05, 0) is 32.7 Å². The summed E-state index contributed by atoms with van der Waals surface area (Å²) in [5, 5.41) is 2.16. The second-order valence-corrected chi connectivity index (χ2v) is 14.9. The predicted molar refractivity (Wildman–Crippen MR) is 162 cm³/mol. The maximum atomic E-state index is 5.05. The topological polar surface area (TPSA) is 51.6 Å². The van der Waals surface area contributed by atoms with Crippen LogP contribution in [0.2, 0.25) is 0 Å². The normalized spacial score (nSPS) is 17.4. The molecule has 4 nitrogen and oxygen atoms in total. The van der Waals surface area contributed by atoms with Crippen LogP contribution in [0, 0.1) is 11.5 Å². The Morgan fingerprint density at radius 3 is 1.77 bits per heavy atom. The molecule has 213 valence electrons. The molecule has 2 aromatic heterocycles. The fourth-order valence-corrected chi connectivity index (χ4v) is 5.87. The third-order valence-electron chi connectivity index (χ3n) is 9.69. The van der Waals surface area contributed by atoms with E-state index in [0.29, 0.717) is 5.82 Å². The van der Waals surface area contributed by atoms with Crippen molar-refractivity contribution in [2.75, 3.05) is 0 Å². The molecule has 0 saturated heterocycles. The van der Waals surface area contributed by atoms with Gasteiger partial charge in [-0.15, -0.1) is 34.9 Å². The SMILES string of the molecule is CC(C)(C)c1nc(-c2cnc(-c3[c-]cc4c(c3)C(C)(C)C(C)(C)C4(C)C)c3ccccc23)nc(C(C)(C)C)n1.[Ir]. The number of nitrogens with zero attached hydrogens (tertiary/aromatic N) is 4. The fourth-order valence-electron chi connectivity index (χ4n) is 5.87. The Morgan fingerprint density at radius 2 is 1.23 bits per heavy atom. The maximum absolute atomic E-state index is 5.05. The summed E-state index contributed by atoms with van der Waals surface area (Å²) in [6, 6.07) is 16.6. The van der Waals surface area contributed by atoms with E-state index >= 15 is 0 Å². The Balaban J connectivity index is 0.00000370. The molecule has 1 radical (unpaired) electrons. The second-order valence-electron chi connectivity index (χ2n) is 14.9. The number of benzene rings is 2. The summed E-state index contributed by atoms with van der Waals surface area (Å²) < 4.78 is 0. The molecular weight excluding hydrogens is 669 g/mol. The molecule has 5 heteroatoms. The zero-order valence-corrected chi connectivity index (χ0v) is 28.6. The zero-order chi connectivity index (χ0) is 28.8. The van der Waals surface area contributed by atoms with E-state index in [2.05, 4.69) is 126 Å². The minimum Gasteiger partial charge on any atom is -0.303 e. The van der Waals surface area contributed by atoms with Crippen LogP contribution in [-0.4, -0.2) is 19.9 Å². The van der Waals surface area contributed by atoms with Crippen molar-refractivity contribution in [1.29, 1.82) is 0 Å². The van der Waals surface area contributed by atoms with Gasteiger partial charge < -0.3 is 4.98 Å². The van der Waals surface area contributed by atoms with Gasteiger partial charge >= 0.3 is 0 Å². The summed E-state index contributed by atoms with van der Waals surface area (Å²) in [5.41, 5.74) is 5.44. The van der Waals surface area contributed by atoms with Crippen LogP contribution < -0.4 is 0 Å². The molecule has 2 heterocycles. The Kier molecular flexibility index (Phi) is 7.26. The van der Waals surface area contributed by atoms with Crippen molar-refractivity contribution >= 4 is 10.8 Å². The number of aromatic nitrogens is 4. The first-order valence-electron chi connectivity index (χ1n) is 14.1. The van der Waals surface area contributed by atoms with Crippen LogP contribution in [0.1, 0.15) is 106 Å². The van der Waals surface area contributed by atoms with Crippen LogP contribution in [-0.2, 0) is 41.8 Å². The van der Waals surface area contributed by atoms with Crippen molar-refractivity contribution in [2.24, 2.45) is 5.41 Å². The standard InChI is InChI=1S/C35H43N4.Ir/c1-31(2,3)29-37-28(38-30(39-29)32(4,5)6)24-20-36-27(23-16-14-13-15-22(23)24)21-17-18-25-26(19-21)34(9,10)35(11,12)33(25,7)8;/h13-16,18-20H,1-12H3;/q-1;. The first-order chi connectivity index (χ1) is 17.9. The van der Waals surface area contributed by atoms with Crippen LogP contribution in [0.3, 0.4) is 0 Å². The van der Waals surface area contributed by atoms with Gasteiger partial charge in [0.2, 0.25) is 0 Å². The molecule has 2 aromatic carbocycles. The van der Waals surface area contributed by atoms with Crippen molar-refractivity contribution in [3.8, 4) is 22.6 Å².